The minimum absolute atomic E-state index is 0.0703. The van der Waals surface area contributed by atoms with Crippen LogP contribution in [0.2, 0.25) is 0 Å². The number of nitrogens with zero attached hydrogens (tertiary/aromatic N) is 3. The van der Waals surface area contributed by atoms with Crippen molar-refractivity contribution in [2.24, 2.45) is 5.73 Å². The van der Waals surface area contributed by atoms with Crippen LogP contribution in [0.25, 0.3) is 0 Å². The minimum atomic E-state index is -1.23. The number of ether oxygens (including phenoxy) is 1. The van der Waals surface area contributed by atoms with Gasteiger partial charge >= 0.3 is 35.8 Å². The van der Waals surface area contributed by atoms with E-state index in [1.54, 1.807) is 0 Å². The Labute approximate surface area is 219 Å². The fraction of sp³-hybridized carbons (Fsp3) is 0.550. The fourth-order valence-electron chi connectivity index (χ4n) is 3.36. The van der Waals surface area contributed by atoms with E-state index >= 15 is 0 Å². The standard InChI is InChI=1S/C10H16N2O8.C10H12N2O5S/c13-7(14)3-11(4-8(15)16)1-2-12(5-9(17)18)6-10(19)20;1-4(13)17-2-5-3-18-9-6(11)8(14)12(9)7(5)10(15)16/h1-6H2,(H,13,14)(H,15,16)(H,17,18)(H,19,20);6,9H,2-3,11H2,1H3,(H,15,16)/t;6-,9-/m.1/s1. The number of carboxylic acid groups (broad SMARTS) is 5. The molecular formula is C20H28N4O13S. The zero-order chi connectivity index (χ0) is 29.2. The SMILES string of the molecule is CC(=O)OCC1=C(C(=O)O)N2C(=O)[C@@H](N)[C@H]2SC1.O=C(O)CN(CCN(CC(=O)O)CC(=O)O)CC(=O)O. The molecule has 2 aliphatic heterocycles. The van der Waals surface area contributed by atoms with Crippen molar-refractivity contribution >= 4 is 53.5 Å². The first-order valence-electron chi connectivity index (χ1n) is 10.7. The van der Waals surface area contributed by atoms with Crippen LogP contribution in [0.5, 0.6) is 0 Å². The lowest BCUT2D eigenvalue weighted by molar-refractivity contribution is -0.148. The zero-order valence-corrected chi connectivity index (χ0v) is 21.0. The summed E-state index contributed by atoms with van der Waals surface area (Å²) in [5.41, 5.74) is 5.90. The first kappa shape index (κ1) is 32.3. The Bertz CT molecular complexity index is 933. The van der Waals surface area contributed by atoms with Crippen molar-refractivity contribution in [2.45, 2.75) is 18.3 Å². The lowest BCUT2D eigenvalue weighted by Crippen LogP contribution is -2.68. The quantitative estimate of drug-likeness (QED) is 0.0909. The molecule has 0 aromatic rings. The lowest BCUT2D eigenvalue weighted by atomic mass is 10.0. The van der Waals surface area contributed by atoms with Gasteiger partial charge in [-0.25, -0.2) is 4.79 Å². The van der Waals surface area contributed by atoms with Gasteiger partial charge in [0.2, 0.25) is 5.91 Å². The molecule has 1 saturated heterocycles. The summed E-state index contributed by atoms with van der Waals surface area (Å²) in [5, 5.41) is 43.3. The second kappa shape index (κ2) is 14.9. The topological polar surface area (TPSA) is 266 Å². The molecule has 1 amide bonds. The van der Waals surface area contributed by atoms with Crippen molar-refractivity contribution in [3.63, 3.8) is 0 Å². The van der Waals surface area contributed by atoms with Gasteiger partial charge in [-0.3, -0.25) is 43.5 Å². The van der Waals surface area contributed by atoms with Crippen LogP contribution in [0.15, 0.2) is 11.3 Å². The van der Waals surface area contributed by atoms with E-state index in [2.05, 4.69) is 0 Å². The smallest absolute Gasteiger partial charge is 0.352 e. The van der Waals surface area contributed by atoms with Crippen LogP contribution in [-0.2, 0) is 38.3 Å². The van der Waals surface area contributed by atoms with Crippen LogP contribution in [0, 0.1) is 0 Å². The molecule has 2 aliphatic rings. The number of carbonyl (C=O) groups is 7. The third-order valence-electron chi connectivity index (χ3n) is 4.91. The van der Waals surface area contributed by atoms with E-state index in [0.717, 1.165) is 9.80 Å². The van der Waals surface area contributed by atoms with E-state index in [0.29, 0.717) is 11.3 Å². The number of carbonyl (C=O) groups excluding carboxylic acids is 2. The molecule has 38 heavy (non-hydrogen) atoms. The molecule has 2 rings (SSSR count). The lowest BCUT2D eigenvalue weighted by Gasteiger charge is -2.47. The number of thioether (sulfide) groups is 1. The summed E-state index contributed by atoms with van der Waals surface area (Å²) in [4.78, 5) is 79.1. The molecule has 212 valence electrons. The molecule has 0 radical (unpaired) electrons. The van der Waals surface area contributed by atoms with Crippen LogP contribution in [0.3, 0.4) is 0 Å². The number of hydrogen-bond donors (Lipinski definition) is 6. The Kier molecular flexibility index (Phi) is 12.6. The van der Waals surface area contributed by atoms with Crippen molar-refractivity contribution in [2.75, 3.05) is 51.6 Å². The van der Waals surface area contributed by atoms with Crippen LogP contribution in [0.4, 0.5) is 0 Å². The number of amides is 1. The fourth-order valence-corrected chi connectivity index (χ4v) is 4.63. The highest BCUT2D eigenvalue weighted by Crippen LogP contribution is 2.39. The Morgan fingerprint density at radius 2 is 1.32 bits per heavy atom. The number of esters is 1. The molecule has 7 N–H and O–H groups in total. The summed E-state index contributed by atoms with van der Waals surface area (Å²) in [6.45, 7) is -1.13. The average Bonchev–Trinajstić information content (AvgIpc) is 2.78. The Morgan fingerprint density at radius 3 is 1.66 bits per heavy atom. The summed E-state index contributed by atoms with van der Waals surface area (Å²) < 4.78 is 4.79. The summed E-state index contributed by atoms with van der Waals surface area (Å²) in [6.07, 6.45) is 0. The molecule has 0 bridgehead atoms. The van der Waals surface area contributed by atoms with Gasteiger partial charge in [0.1, 0.15) is 23.7 Å². The van der Waals surface area contributed by atoms with Gasteiger partial charge in [-0.1, -0.05) is 0 Å². The van der Waals surface area contributed by atoms with Gasteiger partial charge in [0.15, 0.2) is 0 Å². The van der Waals surface area contributed by atoms with Gasteiger partial charge in [0.05, 0.1) is 26.2 Å². The van der Waals surface area contributed by atoms with Gasteiger partial charge in [-0.15, -0.1) is 11.8 Å². The third kappa shape index (κ3) is 10.3. The van der Waals surface area contributed by atoms with E-state index in [-0.39, 0.29) is 30.8 Å². The second-order valence-electron chi connectivity index (χ2n) is 7.97. The Hall–Kier alpha value is -3.74. The third-order valence-corrected chi connectivity index (χ3v) is 6.27. The van der Waals surface area contributed by atoms with E-state index in [1.807, 2.05) is 0 Å². The number of nitrogens with two attached hydrogens (primary N) is 1. The van der Waals surface area contributed by atoms with Gasteiger partial charge in [0, 0.05) is 31.3 Å². The van der Waals surface area contributed by atoms with Crippen molar-refractivity contribution in [3.05, 3.63) is 11.3 Å². The van der Waals surface area contributed by atoms with Crippen LogP contribution < -0.4 is 5.73 Å². The average molecular weight is 565 g/mol. The minimum Gasteiger partial charge on any atom is -0.480 e. The number of fused-ring (bicyclic) bond motifs is 1. The molecule has 0 saturated carbocycles. The molecule has 0 aromatic heterocycles. The molecule has 2 heterocycles. The maximum Gasteiger partial charge on any atom is 0.352 e. The number of carboxylic acids is 5. The van der Waals surface area contributed by atoms with Crippen molar-refractivity contribution < 1.29 is 63.8 Å². The Balaban J connectivity index is 0.000000381. The van der Waals surface area contributed by atoms with Crippen molar-refractivity contribution in [1.82, 2.24) is 14.7 Å². The van der Waals surface area contributed by atoms with Gasteiger partial charge in [-0.05, 0) is 0 Å². The van der Waals surface area contributed by atoms with Gasteiger partial charge < -0.3 is 36.0 Å². The molecule has 0 aromatic carbocycles. The molecule has 1 fully saturated rings. The molecule has 0 unspecified atom stereocenters. The van der Waals surface area contributed by atoms with E-state index in [1.165, 1.54) is 23.6 Å². The summed E-state index contributed by atoms with van der Waals surface area (Å²) in [7, 11) is 0. The van der Waals surface area contributed by atoms with Gasteiger partial charge in [-0.2, -0.15) is 0 Å². The van der Waals surface area contributed by atoms with Crippen molar-refractivity contribution in [3.8, 4) is 0 Å². The highest BCUT2D eigenvalue weighted by atomic mass is 32.2. The van der Waals surface area contributed by atoms with E-state index in [9.17, 15) is 33.6 Å². The predicted molar refractivity (Wildman–Crippen MR) is 126 cm³/mol. The van der Waals surface area contributed by atoms with Crippen LogP contribution in [-0.4, -0.2) is 145 Å². The normalized spacial score (nSPS) is 18.2. The molecule has 0 spiro atoms. The largest absolute Gasteiger partial charge is 0.480 e. The molecule has 0 aliphatic carbocycles. The van der Waals surface area contributed by atoms with Crippen LogP contribution in [0.1, 0.15) is 6.92 Å². The van der Waals surface area contributed by atoms with Gasteiger partial charge in [0.25, 0.3) is 0 Å². The molecule has 2 atom stereocenters. The number of β-lactam (4-membered cyclic amide) rings is 1. The second-order valence-corrected chi connectivity index (χ2v) is 9.07. The molecule has 17 nitrogen and oxygen atoms in total. The first-order chi connectivity index (χ1) is 17.6. The first-order valence-corrected chi connectivity index (χ1v) is 11.8. The molecule has 18 heteroatoms. The maximum absolute atomic E-state index is 11.6. The zero-order valence-electron chi connectivity index (χ0n) is 20.1. The van der Waals surface area contributed by atoms with Crippen molar-refractivity contribution in [1.29, 1.82) is 0 Å². The van der Waals surface area contributed by atoms with E-state index < -0.39 is 73.9 Å². The monoisotopic (exact) mass is 564 g/mol. The Morgan fingerprint density at radius 1 is 0.895 bits per heavy atom. The summed E-state index contributed by atoms with van der Waals surface area (Å²) >= 11 is 1.37. The number of hydrogen-bond acceptors (Lipinski definition) is 12. The summed E-state index contributed by atoms with van der Waals surface area (Å²) in [5.74, 6) is -6.64. The molecular weight excluding hydrogens is 536 g/mol. The number of rotatable bonds is 14. The predicted octanol–water partition coefficient (Wildman–Crippen LogP) is -2.94. The summed E-state index contributed by atoms with van der Waals surface area (Å²) in [6, 6.07) is -0.653. The number of aliphatic carboxylic acids is 5. The highest BCUT2D eigenvalue weighted by Gasteiger charge is 2.51. The maximum atomic E-state index is 11.6. The highest BCUT2D eigenvalue weighted by molar-refractivity contribution is 8.00. The van der Waals surface area contributed by atoms with E-state index in [4.69, 9.17) is 36.0 Å². The van der Waals surface area contributed by atoms with Crippen LogP contribution >= 0.6 is 11.8 Å².